The molecule has 8 bridgehead atoms. The number of aryl methyl sites for hydroxylation is 2. The van der Waals surface area contributed by atoms with Crippen molar-refractivity contribution in [2.45, 2.75) is 91.8 Å². The van der Waals surface area contributed by atoms with Gasteiger partial charge >= 0.3 is 5.97 Å². The fraction of sp³-hybridized carbons (Fsp3) is 0.364. The second-order valence-corrected chi connectivity index (χ2v) is 15.7. The number of carbonyl (C=O) groups excluding carboxylic acids is 2. The van der Waals surface area contributed by atoms with E-state index in [1.54, 1.807) is 0 Å². The second-order valence-electron chi connectivity index (χ2n) is 14.5. The molecule has 10 heteroatoms. The van der Waals surface area contributed by atoms with Crippen molar-refractivity contribution in [3.8, 4) is 0 Å². The van der Waals surface area contributed by atoms with Gasteiger partial charge in [-0.3, -0.25) is 14.6 Å². The van der Waals surface area contributed by atoms with Gasteiger partial charge in [0.2, 0.25) is 5.78 Å². The molecule has 2 N–H and O–H groups in total. The van der Waals surface area contributed by atoms with E-state index in [1.807, 2.05) is 6.08 Å². The maximum Gasteiger partial charge on any atom is 0.305 e. The zero-order valence-electron chi connectivity index (χ0n) is 32.2. The lowest BCUT2D eigenvalue weighted by Crippen LogP contribution is -2.15. The molecule has 0 radical (unpaired) electrons. The number of halogens is 1. The van der Waals surface area contributed by atoms with Gasteiger partial charge in [0.15, 0.2) is 5.76 Å². The van der Waals surface area contributed by atoms with Crippen LogP contribution in [0.2, 0.25) is 0 Å². The molecule has 5 heterocycles. The molecule has 0 fully saturated rings. The van der Waals surface area contributed by atoms with Crippen molar-refractivity contribution in [2.75, 3.05) is 14.2 Å². The first-order chi connectivity index (χ1) is 25.9. The van der Waals surface area contributed by atoms with Gasteiger partial charge in [-0.2, -0.15) is 0 Å². The van der Waals surface area contributed by atoms with Crippen molar-refractivity contribution < 1.29 is 23.8 Å². The molecule has 3 aromatic heterocycles. The molecule has 3 aliphatic rings. The van der Waals surface area contributed by atoms with E-state index in [-0.39, 0.29) is 41.9 Å². The van der Waals surface area contributed by atoms with Crippen LogP contribution in [0.25, 0.3) is 39.3 Å². The van der Waals surface area contributed by atoms with Crippen LogP contribution in [-0.2, 0) is 25.6 Å². The number of methoxy groups -OCH3 is 2. The Hall–Kier alpha value is -4.55. The van der Waals surface area contributed by atoms with Crippen LogP contribution >= 0.6 is 22.6 Å². The van der Waals surface area contributed by atoms with Crippen LogP contribution < -0.4 is 0 Å². The number of rotatable bonds is 10. The minimum atomic E-state index is -0.253. The summed E-state index contributed by atoms with van der Waals surface area (Å²) in [6, 6.07) is 14.7. The zero-order valence-corrected chi connectivity index (χ0v) is 34.4. The van der Waals surface area contributed by atoms with E-state index in [0.717, 1.165) is 79.0 Å². The molecule has 0 spiro atoms. The normalized spacial score (nSPS) is 17.1. The van der Waals surface area contributed by atoms with Gasteiger partial charge in [0.1, 0.15) is 0 Å². The summed E-state index contributed by atoms with van der Waals surface area (Å²) in [7, 11) is 2.94. The second kappa shape index (κ2) is 15.3. The lowest BCUT2D eigenvalue weighted by Gasteiger charge is -2.19. The summed E-state index contributed by atoms with van der Waals surface area (Å²) in [6.45, 7) is 13.2. The number of fused-ring (bicyclic) bond motifs is 8. The minimum Gasteiger partial charge on any atom is -0.493 e. The van der Waals surface area contributed by atoms with Crippen molar-refractivity contribution >= 4 is 73.6 Å². The highest BCUT2D eigenvalue weighted by molar-refractivity contribution is 14.1. The van der Waals surface area contributed by atoms with Gasteiger partial charge in [-0.25, -0.2) is 4.98 Å². The van der Waals surface area contributed by atoms with Crippen molar-refractivity contribution in [2.24, 2.45) is 0 Å². The van der Waals surface area contributed by atoms with Crippen LogP contribution in [0.15, 0.2) is 48.2 Å². The number of esters is 1. The van der Waals surface area contributed by atoms with Crippen molar-refractivity contribution in [3.05, 3.63) is 108 Å². The highest BCUT2D eigenvalue weighted by Gasteiger charge is 2.36. The first-order valence-corrected chi connectivity index (χ1v) is 19.7. The summed E-state index contributed by atoms with van der Waals surface area (Å²) in [4.78, 5) is 44.4. The van der Waals surface area contributed by atoms with Gasteiger partial charge < -0.3 is 24.2 Å². The molecule has 280 valence electrons. The van der Waals surface area contributed by atoms with E-state index in [1.165, 1.54) is 23.4 Å². The average Bonchev–Trinajstić information content (AvgIpc) is 3.83. The SMILES string of the molecule is CCC1=C(C)c2cc3[nH]c(cc4nc(c5c6[nH]c(cc1n2)c(C)c6C=C(OC)C5=O)[C@@H](CCCC(=O)OC)[C@@H]4C)c(C)c3C(C)OCc1cccc(I)c1. The van der Waals surface area contributed by atoms with Gasteiger partial charge in [-0.05, 0) is 134 Å². The van der Waals surface area contributed by atoms with E-state index < -0.39 is 0 Å². The molecule has 0 amide bonds. The Morgan fingerprint density at radius 3 is 2.46 bits per heavy atom. The van der Waals surface area contributed by atoms with Crippen LogP contribution in [0.1, 0.15) is 132 Å². The first kappa shape index (κ1) is 37.8. The number of carbonyl (C=O) groups is 2. The maximum absolute atomic E-state index is 14.3. The molecule has 54 heavy (non-hydrogen) atoms. The summed E-state index contributed by atoms with van der Waals surface area (Å²) in [5, 5.41) is 0. The fourth-order valence-electron chi connectivity index (χ4n) is 8.23. The quantitative estimate of drug-likeness (QED) is 0.121. The number of ketones is 1. The largest absolute Gasteiger partial charge is 0.493 e. The number of hydrogen-bond acceptors (Lipinski definition) is 7. The van der Waals surface area contributed by atoms with Crippen LogP contribution in [0.3, 0.4) is 0 Å². The van der Waals surface area contributed by atoms with Gasteiger partial charge in [0.05, 0.1) is 55.1 Å². The fourth-order valence-corrected chi connectivity index (χ4v) is 8.84. The lowest BCUT2D eigenvalue weighted by molar-refractivity contribution is -0.140. The number of H-pyrrole nitrogens is 2. The minimum absolute atomic E-state index is 0.0443. The standard InChI is InChI=1S/C44H47IN4O5/c1-9-29-22(2)32-20-37-40(26(6)54-21-27-12-10-13-28(45)16-27)25(5)35(47-37)18-33-23(3)30(14-11-15-39(50)53-8)42(48-33)41-43-31(17-38(52-7)44(41)51)24(4)34(49-43)19-36(29)46-32/h10,12-13,16-20,23,26,30,47,49H,9,11,14-15,21H2,1-8H3/t23-,26?,30-/m0/s1. The Balaban J connectivity index is 1.52. The third-order valence-corrected chi connectivity index (χ3v) is 12.0. The van der Waals surface area contributed by atoms with Gasteiger partial charge in [-0.1, -0.05) is 26.0 Å². The summed E-state index contributed by atoms with van der Waals surface area (Å²) < 4.78 is 18.4. The molecule has 2 aliphatic heterocycles. The zero-order chi connectivity index (χ0) is 38.4. The summed E-state index contributed by atoms with van der Waals surface area (Å²) in [5.74, 6) is -0.363. The highest BCUT2D eigenvalue weighted by Crippen LogP contribution is 2.45. The topological polar surface area (TPSA) is 119 Å². The number of ether oxygens (including phenoxy) is 3. The summed E-state index contributed by atoms with van der Waals surface area (Å²) >= 11 is 2.33. The molecule has 1 unspecified atom stereocenters. The smallest absolute Gasteiger partial charge is 0.305 e. The first-order valence-electron chi connectivity index (χ1n) is 18.7. The van der Waals surface area contributed by atoms with Gasteiger partial charge in [0, 0.05) is 55.2 Å². The Morgan fingerprint density at radius 1 is 0.981 bits per heavy atom. The van der Waals surface area contributed by atoms with E-state index >= 15 is 0 Å². The Bertz CT molecular complexity index is 2420. The Morgan fingerprint density at radius 2 is 1.74 bits per heavy atom. The number of aromatic amines is 2. The molecule has 0 saturated heterocycles. The molecule has 3 atom stereocenters. The van der Waals surface area contributed by atoms with E-state index in [0.29, 0.717) is 30.7 Å². The van der Waals surface area contributed by atoms with Crippen LogP contribution in [0.4, 0.5) is 0 Å². The van der Waals surface area contributed by atoms with Crippen molar-refractivity contribution in [1.29, 1.82) is 0 Å². The molecular formula is C44H47IN4O5. The number of aromatic nitrogens is 4. The number of benzene rings is 1. The van der Waals surface area contributed by atoms with Crippen molar-refractivity contribution in [1.82, 2.24) is 19.9 Å². The maximum atomic E-state index is 14.3. The molecule has 1 aromatic carbocycles. The summed E-state index contributed by atoms with van der Waals surface area (Å²) in [6.07, 6.45) is 3.95. The number of nitrogens with zero attached hydrogens (tertiary/aromatic N) is 2. The average molecular weight is 839 g/mol. The molecule has 0 saturated carbocycles. The third kappa shape index (κ3) is 6.83. The lowest BCUT2D eigenvalue weighted by atomic mass is 9.83. The molecule has 1 aliphatic carbocycles. The number of Topliss-reactive ketones (excluding diaryl/α,β-unsaturated/α-hetero) is 1. The van der Waals surface area contributed by atoms with E-state index in [4.69, 9.17) is 24.2 Å². The van der Waals surface area contributed by atoms with Gasteiger partial charge in [0.25, 0.3) is 0 Å². The monoisotopic (exact) mass is 838 g/mol. The Labute approximate surface area is 329 Å². The van der Waals surface area contributed by atoms with Gasteiger partial charge in [-0.15, -0.1) is 0 Å². The third-order valence-electron chi connectivity index (χ3n) is 11.3. The van der Waals surface area contributed by atoms with Crippen LogP contribution in [-0.4, -0.2) is 45.9 Å². The number of nitrogens with one attached hydrogen (secondary N) is 2. The Kier molecular flexibility index (Phi) is 10.7. The van der Waals surface area contributed by atoms with Crippen LogP contribution in [0.5, 0.6) is 0 Å². The molecule has 9 nitrogen and oxygen atoms in total. The molecular weight excluding hydrogens is 791 g/mol. The predicted octanol–water partition coefficient (Wildman–Crippen LogP) is 10.6. The van der Waals surface area contributed by atoms with Crippen LogP contribution in [0, 0.1) is 17.4 Å². The van der Waals surface area contributed by atoms with E-state index in [2.05, 4.69) is 117 Å². The molecule has 4 aromatic rings. The van der Waals surface area contributed by atoms with E-state index in [9.17, 15) is 9.59 Å². The van der Waals surface area contributed by atoms with Crippen molar-refractivity contribution in [3.63, 3.8) is 0 Å². The number of allylic oxidation sites excluding steroid dienone is 3. The summed E-state index contributed by atoms with van der Waals surface area (Å²) in [5.41, 5.74) is 14.8. The number of hydrogen-bond donors (Lipinski definition) is 2. The predicted molar refractivity (Wildman–Crippen MR) is 222 cm³/mol. The molecule has 7 rings (SSSR count). The highest BCUT2D eigenvalue weighted by atomic mass is 127.